The quantitative estimate of drug-likeness (QED) is 0.479. The standard InChI is InChI=1S/C22H20O5/c1-3-19(26-17-11-5-4-6-12-17)22(24)27-20-14-16-10-8-7-9-15(16)13-18(20)21(23)25-2/h4-14,19H,3H2,1-2H3/t19-/m1/s1. The van der Waals surface area contributed by atoms with E-state index in [-0.39, 0.29) is 11.3 Å². The van der Waals surface area contributed by atoms with E-state index in [1.54, 1.807) is 24.3 Å². The number of hydrogen-bond acceptors (Lipinski definition) is 5. The van der Waals surface area contributed by atoms with Gasteiger partial charge in [0.05, 0.1) is 7.11 Å². The molecule has 0 fully saturated rings. The van der Waals surface area contributed by atoms with Crippen molar-refractivity contribution in [1.82, 2.24) is 0 Å². The number of methoxy groups -OCH3 is 1. The third-order valence-corrected chi connectivity index (χ3v) is 4.12. The van der Waals surface area contributed by atoms with Gasteiger partial charge in [-0.25, -0.2) is 9.59 Å². The van der Waals surface area contributed by atoms with E-state index < -0.39 is 18.0 Å². The predicted octanol–water partition coefficient (Wildman–Crippen LogP) is 4.39. The van der Waals surface area contributed by atoms with Gasteiger partial charge < -0.3 is 14.2 Å². The van der Waals surface area contributed by atoms with Gasteiger partial charge in [-0.2, -0.15) is 0 Å². The summed E-state index contributed by atoms with van der Waals surface area (Å²) in [6.45, 7) is 1.83. The second-order valence-electron chi connectivity index (χ2n) is 5.94. The van der Waals surface area contributed by atoms with Crippen LogP contribution in [0.15, 0.2) is 66.7 Å². The number of carbonyl (C=O) groups excluding carboxylic acids is 2. The first-order valence-electron chi connectivity index (χ1n) is 8.67. The Balaban J connectivity index is 1.89. The fraction of sp³-hybridized carbons (Fsp3) is 0.182. The minimum atomic E-state index is -0.788. The van der Waals surface area contributed by atoms with Gasteiger partial charge in [0.1, 0.15) is 17.1 Å². The van der Waals surface area contributed by atoms with Crippen molar-refractivity contribution in [3.63, 3.8) is 0 Å². The second kappa shape index (κ2) is 8.36. The molecule has 0 bridgehead atoms. The van der Waals surface area contributed by atoms with Crippen LogP contribution in [0, 0.1) is 0 Å². The Morgan fingerprint density at radius 2 is 1.56 bits per heavy atom. The predicted molar refractivity (Wildman–Crippen MR) is 102 cm³/mol. The fourth-order valence-corrected chi connectivity index (χ4v) is 2.71. The smallest absolute Gasteiger partial charge is 0.352 e. The Hall–Kier alpha value is -3.34. The zero-order valence-corrected chi connectivity index (χ0v) is 15.2. The number of hydrogen-bond donors (Lipinski definition) is 0. The molecule has 3 rings (SSSR count). The first-order valence-corrected chi connectivity index (χ1v) is 8.67. The number of rotatable bonds is 6. The molecule has 0 heterocycles. The summed E-state index contributed by atoms with van der Waals surface area (Å²) in [6.07, 6.45) is -0.362. The van der Waals surface area contributed by atoms with E-state index in [0.717, 1.165) is 10.8 Å². The molecule has 3 aromatic rings. The molecule has 0 amide bonds. The van der Waals surface area contributed by atoms with Crippen molar-refractivity contribution >= 4 is 22.7 Å². The second-order valence-corrected chi connectivity index (χ2v) is 5.94. The molecule has 5 heteroatoms. The van der Waals surface area contributed by atoms with Crippen LogP contribution in [0.5, 0.6) is 11.5 Å². The zero-order chi connectivity index (χ0) is 19.2. The van der Waals surface area contributed by atoms with Crippen LogP contribution in [0.1, 0.15) is 23.7 Å². The Bertz CT molecular complexity index is 949. The van der Waals surface area contributed by atoms with E-state index >= 15 is 0 Å². The average Bonchev–Trinajstić information content (AvgIpc) is 2.71. The summed E-state index contributed by atoms with van der Waals surface area (Å²) in [5.41, 5.74) is 0.194. The Labute approximate surface area is 157 Å². The first kappa shape index (κ1) is 18.5. The van der Waals surface area contributed by atoms with Gasteiger partial charge in [0.2, 0.25) is 0 Å². The van der Waals surface area contributed by atoms with Crippen molar-refractivity contribution in [3.05, 3.63) is 72.3 Å². The van der Waals surface area contributed by atoms with Gasteiger partial charge in [0.25, 0.3) is 0 Å². The normalized spacial score (nSPS) is 11.6. The lowest BCUT2D eigenvalue weighted by Crippen LogP contribution is -2.31. The van der Waals surface area contributed by atoms with Crippen LogP contribution >= 0.6 is 0 Å². The van der Waals surface area contributed by atoms with Crippen molar-refractivity contribution in [2.24, 2.45) is 0 Å². The minimum absolute atomic E-state index is 0.153. The molecule has 0 spiro atoms. The molecular formula is C22H20O5. The van der Waals surface area contributed by atoms with Gasteiger partial charge in [-0.05, 0) is 41.5 Å². The molecule has 0 saturated heterocycles. The van der Waals surface area contributed by atoms with Crippen LogP contribution in [-0.2, 0) is 9.53 Å². The van der Waals surface area contributed by atoms with Gasteiger partial charge in [-0.3, -0.25) is 0 Å². The Morgan fingerprint density at radius 1 is 0.926 bits per heavy atom. The van der Waals surface area contributed by atoms with Crippen LogP contribution in [0.4, 0.5) is 0 Å². The summed E-state index contributed by atoms with van der Waals surface area (Å²) in [4.78, 5) is 24.8. The lowest BCUT2D eigenvalue weighted by molar-refractivity contribution is -0.142. The van der Waals surface area contributed by atoms with E-state index in [4.69, 9.17) is 14.2 Å². The number of carbonyl (C=O) groups is 2. The van der Waals surface area contributed by atoms with E-state index in [1.165, 1.54) is 7.11 Å². The molecule has 0 aliphatic heterocycles. The van der Waals surface area contributed by atoms with Gasteiger partial charge in [-0.15, -0.1) is 0 Å². The number of benzene rings is 3. The van der Waals surface area contributed by atoms with Gasteiger partial charge >= 0.3 is 11.9 Å². The summed E-state index contributed by atoms with van der Waals surface area (Å²) >= 11 is 0. The lowest BCUT2D eigenvalue weighted by Gasteiger charge is -2.17. The van der Waals surface area contributed by atoms with Crippen molar-refractivity contribution in [2.45, 2.75) is 19.4 Å². The topological polar surface area (TPSA) is 61.8 Å². The molecule has 5 nitrogen and oxygen atoms in total. The summed E-state index contributed by atoms with van der Waals surface area (Å²) < 4.78 is 16.1. The molecule has 0 N–H and O–H groups in total. The molecule has 0 aliphatic rings. The third kappa shape index (κ3) is 4.26. The molecule has 0 aliphatic carbocycles. The average molecular weight is 364 g/mol. The molecular weight excluding hydrogens is 344 g/mol. The summed E-state index contributed by atoms with van der Waals surface area (Å²) in [6, 6.07) is 19.9. The highest BCUT2D eigenvalue weighted by atomic mass is 16.6. The molecule has 138 valence electrons. The fourth-order valence-electron chi connectivity index (χ4n) is 2.71. The SMILES string of the molecule is CC[C@@H](Oc1ccccc1)C(=O)Oc1cc2ccccc2cc1C(=O)OC. The molecule has 0 radical (unpaired) electrons. The van der Waals surface area contributed by atoms with Gasteiger partial charge in [0, 0.05) is 0 Å². The minimum Gasteiger partial charge on any atom is -0.479 e. The highest BCUT2D eigenvalue weighted by Crippen LogP contribution is 2.27. The summed E-state index contributed by atoms with van der Waals surface area (Å²) in [5, 5.41) is 1.70. The molecule has 3 aromatic carbocycles. The van der Waals surface area contributed by atoms with E-state index in [2.05, 4.69) is 0 Å². The summed E-state index contributed by atoms with van der Waals surface area (Å²) in [7, 11) is 1.29. The highest BCUT2D eigenvalue weighted by Gasteiger charge is 2.24. The number of esters is 2. The first-order chi connectivity index (χ1) is 13.1. The van der Waals surface area contributed by atoms with Crippen molar-refractivity contribution in [3.8, 4) is 11.5 Å². The Kier molecular flexibility index (Phi) is 5.71. The van der Waals surface area contributed by atoms with Crippen molar-refractivity contribution in [2.75, 3.05) is 7.11 Å². The molecule has 0 unspecified atom stereocenters. The number of para-hydroxylation sites is 1. The van der Waals surface area contributed by atoms with Crippen LogP contribution < -0.4 is 9.47 Å². The van der Waals surface area contributed by atoms with Crippen LogP contribution in [0.2, 0.25) is 0 Å². The highest BCUT2D eigenvalue weighted by molar-refractivity contribution is 5.99. The Morgan fingerprint density at radius 3 is 2.19 bits per heavy atom. The lowest BCUT2D eigenvalue weighted by atomic mass is 10.1. The molecule has 0 aromatic heterocycles. The molecule has 27 heavy (non-hydrogen) atoms. The zero-order valence-electron chi connectivity index (χ0n) is 15.2. The summed E-state index contributed by atoms with van der Waals surface area (Å²) in [5.74, 6) is -0.406. The molecule has 1 atom stereocenters. The van der Waals surface area contributed by atoms with Crippen molar-refractivity contribution in [1.29, 1.82) is 0 Å². The van der Waals surface area contributed by atoms with E-state index in [1.807, 2.05) is 49.4 Å². The third-order valence-electron chi connectivity index (χ3n) is 4.12. The largest absolute Gasteiger partial charge is 0.479 e. The van der Waals surface area contributed by atoms with Crippen LogP contribution in [0.25, 0.3) is 10.8 Å². The maximum atomic E-state index is 12.6. The monoisotopic (exact) mass is 364 g/mol. The maximum Gasteiger partial charge on any atom is 0.352 e. The maximum absolute atomic E-state index is 12.6. The van der Waals surface area contributed by atoms with Gasteiger partial charge in [0.15, 0.2) is 6.10 Å². The van der Waals surface area contributed by atoms with Crippen LogP contribution in [-0.4, -0.2) is 25.2 Å². The number of fused-ring (bicyclic) bond motifs is 1. The van der Waals surface area contributed by atoms with Crippen LogP contribution in [0.3, 0.4) is 0 Å². The number of ether oxygens (including phenoxy) is 3. The van der Waals surface area contributed by atoms with Gasteiger partial charge in [-0.1, -0.05) is 49.4 Å². The van der Waals surface area contributed by atoms with E-state index in [0.29, 0.717) is 12.2 Å². The van der Waals surface area contributed by atoms with Crippen molar-refractivity contribution < 1.29 is 23.8 Å². The van der Waals surface area contributed by atoms with E-state index in [9.17, 15) is 9.59 Å². The molecule has 0 saturated carbocycles.